The molecule has 3 aromatic rings. The van der Waals surface area contributed by atoms with Crippen molar-refractivity contribution >= 4 is 41.1 Å². The number of methoxy groups -OCH3 is 1. The van der Waals surface area contributed by atoms with Crippen molar-refractivity contribution in [2.75, 3.05) is 69.1 Å². The van der Waals surface area contributed by atoms with Gasteiger partial charge in [-0.25, -0.2) is 14.9 Å². The maximum Gasteiger partial charge on any atom is 0.410 e. The number of nitrogens with two attached hydrogens (primary N) is 2. The lowest BCUT2D eigenvalue weighted by Crippen LogP contribution is -2.50. The van der Waals surface area contributed by atoms with Gasteiger partial charge in [0.15, 0.2) is 0 Å². The van der Waals surface area contributed by atoms with Crippen LogP contribution in [0.25, 0.3) is 0 Å². The molecule has 0 aromatic heterocycles. The van der Waals surface area contributed by atoms with Crippen LogP contribution >= 0.6 is 11.9 Å². The largest absolute Gasteiger partial charge is 0.494 e. The van der Waals surface area contributed by atoms with E-state index < -0.39 is 5.60 Å². The van der Waals surface area contributed by atoms with Gasteiger partial charge in [0.1, 0.15) is 28.9 Å². The Hall–Kier alpha value is -4.33. The Balaban J connectivity index is 0.00000319. The highest BCUT2D eigenvalue weighted by molar-refractivity contribution is 7.97. The van der Waals surface area contributed by atoms with Gasteiger partial charge in [-0.1, -0.05) is 32.0 Å². The minimum atomic E-state index is -0.516. The summed E-state index contributed by atoms with van der Waals surface area (Å²) in [5.74, 6) is 6.83. The van der Waals surface area contributed by atoms with Crippen molar-refractivity contribution in [1.82, 2.24) is 9.21 Å². The first-order chi connectivity index (χ1) is 25.6. The Morgan fingerprint density at radius 3 is 2.37 bits per heavy atom. The molecule has 0 bridgehead atoms. The molecule has 296 valence electrons. The molecule has 2 unspecified atom stereocenters. The Morgan fingerprint density at radius 2 is 1.74 bits per heavy atom. The summed E-state index contributed by atoms with van der Waals surface area (Å²) >= 11 is 1.69. The number of esters is 1. The molecular weight excluding hydrogens is 705 g/mol. The highest BCUT2D eigenvalue weighted by atomic mass is 32.2. The summed E-state index contributed by atoms with van der Waals surface area (Å²) in [6.07, 6.45) is -0.175. The molecule has 2 heterocycles. The standard InChI is InChI=1S/C39H54N6O6S.C2H6/c1-9-49-36(46)22-31(28-19-32(40)37(42(7)41)34(20-28)48-8)27-11-10-25(2)29(18-27)24-45-23-26(3)50-33-21-30(12-13-35(33)52-45)43-14-16-44(17-15-43)38(47)51-39(4,5)6;1-2/h10-13,18-21,26,31H,9,14-17,22-24,40-41H2,1-8H3;1-2H3. The van der Waals surface area contributed by atoms with E-state index >= 15 is 0 Å². The monoisotopic (exact) mass is 764 g/mol. The van der Waals surface area contributed by atoms with E-state index in [1.165, 1.54) is 5.01 Å². The molecule has 12 nitrogen and oxygen atoms in total. The molecule has 5 rings (SSSR count). The molecule has 13 heteroatoms. The van der Waals surface area contributed by atoms with Crippen LogP contribution in [-0.4, -0.2) is 86.5 Å². The van der Waals surface area contributed by atoms with Crippen molar-refractivity contribution in [2.24, 2.45) is 5.84 Å². The highest BCUT2D eigenvalue weighted by Gasteiger charge is 2.29. The van der Waals surface area contributed by atoms with Crippen LogP contribution in [0.4, 0.5) is 21.9 Å². The number of amides is 1. The van der Waals surface area contributed by atoms with Crippen molar-refractivity contribution in [1.29, 1.82) is 0 Å². The molecule has 4 N–H and O–H groups in total. The Bertz CT molecular complexity index is 1740. The molecule has 2 aliphatic rings. The fourth-order valence-corrected chi connectivity index (χ4v) is 7.71. The van der Waals surface area contributed by atoms with Crippen LogP contribution in [-0.2, 0) is 20.8 Å². The summed E-state index contributed by atoms with van der Waals surface area (Å²) in [5, 5.41) is 1.43. The van der Waals surface area contributed by atoms with Gasteiger partial charge in [0.2, 0.25) is 0 Å². The van der Waals surface area contributed by atoms with Crippen molar-refractivity contribution in [3.63, 3.8) is 0 Å². The first kappa shape index (κ1) is 42.4. The predicted molar refractivity (Wildman–Crippen MR) is 218 cm³/mol. The van der Waals surface area contributed by atoms with Gasteiger partial charge in [0.05, 0.1) is 30.7 Å². The normalized spacial score (nSPS) is 16.5. The van der Waals surface area contributed by atoms with Crippen molar-refractivity contribution < 1.29 is 28.5 Å². The zero-order valence-corrected chi connectivity index (χ0v) is 34.5. The van der Waals surface area contributed by atoms with E-state index in [1.54, 1.807) is 37.9 Å². The SMILES string of the molecule is CC.CCOC(=O)CC(c1ccc(C)c(CN2CC(C)Oc3cc(N4CCN(C(=O)OC(C)(C)C)CC4)ccc3S2)c1)c1cc(N)c(N(C)N)c(OC)c1. The summed E-state index contributed by atoms with van der Waals surface area (Å²) < 4.78 is 25.5. The average Bonchev–Trinajstić information content (AvgIpc) is 3.28. The lowest BCUT2D eigenvalue weighted by molar-refractivity contribution is -0.143. The van der Waals surface area contributed by atoms with E-state index in [0.29, 0.717) is 63.0 Å². The minimum absolute atomic E-state index is 0.0531. The topological polar surface area (TPSA) is 136 Å². The third-order valence-electron chi connectivity index (χ3n) is 9.14. The number of nitrogens with zero attached hydrogens (tertiary/aromatic N) is 4. The molecular formula is C41H60N6O6S. The van der Waals surface area contributed by atoms with Gasteiger partial charge in [0.25, 0.3) is 0 Å². The number of hydrazine groups is 1. The lowest BCUT2D eigenvalue weighted by Gasteiger charge is -2.37. The van der Waals surface area contributed by atoms with Gasteiger partial charge < -0.3 is 39.5 Å². The number of benzene rings is 3. The Morgan fingerprint density at radius 1 is 1.04 bits per heavy atom. The second-order valence-electron chi connectivity index (χ2n) is 14.4. The number of ether oxygens (including phenoxy) is 4. The quantitative estimate of drug-likeness (QED) is 0.0702. The van der Waals surface area contributed by atoms with Crippen molar-refractivity contribution in [2.45, 2.75) is 90.9 Å². The zero-order valence-electron chi connectivity index (χ0n) is 33.7. The maximum atomic E-state index is 12.9. The van der Waals surface area contributed by atoms with Crippen LogP contribution in [0.5, 0.6) is 11.5 Å². The molecule has 1 saturated heterocycles. The van der Waals surface area contributed by atoms with E-state index in [-0.39, 0.29) is 30.5 Å². The smallest absolute Gasteiger partial charge is 0.410 e. The number of anilines is 3. The average molecular weight is 765 g/mol. The highest BCUT2D eigenvalue weighted by Crippen LogP contribution is 2.42. The predicted octanol–water partition coefficient (Wildman–Crippen LogP) is 7.35. The van der Waals surface area contributed by atoms with E-state index in [0.717, 1.165) is 38.6 Å². The second-order valence-corrected chi connectivity index (χ2v) is 15.6. The fraction of sp³-hybridized carbons (Fsp3) is 0.512. The summed E-state index contributed by atoms with van der Waals surface area (Å²) in [6, 6.07) is 16.5. The number of nitrogen functional groups attached to an aromatic ring is 1. The number of fused-ring (bicyclic) bond motifs is 1. The number of carbonyl (C=O) groups is 2. The molecule has 0 radical (unpaired) electrons. The summed E-state index contributed by atoms with van der Waals surface area (Å²) in [4.78, 5) is 30.6. The number of rotatable bonds is 10. The molecule has 2 atom stereocenters. The molecule has 2 aliphatic heterocycles. The molecule has 54 heavy (non-hydrogen) atoms. The Kier molecular flexibility index (Phi) is 14.8. The molecule has 0 spiro atoms. The summed E-state index contributed by atoms with van der Waals surface area (Å²) in [6.45, 7) is 20.0. The third kappa shape index (κ3) is 10.9. The van der Waals surface area contributed by atoms with E-state index in [4.69, 9.17) is 30.5 Å². The zero-order chi connectivity index (χ0) is 39.7. The van der Waals surface area contributed by atoms with Crippen molar-refractivity contribution in [3.8, 4) is 11.5 Å². The van der Waals surface area contributed by atoms with Crippen LogP contribution in [0, 0.1) is 6.92 Å². The number of carbonyl (C=O) groups excluding carboxylic acids is 2. The van der Waals surface area contributed by atoms with Crippen LogP contribution in [0.3, 0.4) is 0 Å². The molecule has 0 saturated carbocycles. The number of hydrogen-bond donors (Lipinski definition) is 2. The number of aryl methyl sites for hydroxylation is 1. The van der Waals surface area contributed by atoms with Gasteiger partial charge in [0, 0.05) is 64.0 Å². The number of piperazine rings is 1. The minimum Gasteiger partial charge on any atom is -0.494 e. The van der Waals surface area contributed by atoms with Gasteiger partial charge in [-0.15, -0.1) is 0 Å². The first-order valence-corrected chi connectivity index (χ1v) is 19.6. The van der Waals surface area contributed by atoms with E-state index in [1.807, 2.05) is 46.8 Å². The molecule has 3 aromatic carbocycles. The summed E-state index contributed by atoms with van der Waals surface area (Å²) in [5.41, 5.74) is 12.2. The molecule has 0 aliphatic carbocycles. The van der Waals surface area contributed by atoms with Crippen LogP contribution < -0.4 is 31.0 Å². The lowest BCUT2D eigenvalue weighted by atomic mass is 9.86. The first-order valence-electron chi connectivity index (χ1n) is 18.8. The maximum absolute atomic E-state index is 12.9. The second kappa shape index (κ2) is 18.8. The number of hydrogen-bond acceptors (Lipinski definition) is 12. The van der Waals surface area contributed by atoms with Gasteiger partial charge in [-0.3, -0.25) is 4.79 Å². The van der Waals surface area contributed by atoms with Crippen molar-refractivity contribution in [3.05, 3.63) is 70.8 Å². The van der Waals surface area contributed by atoms with Gasteiger partial charge >= 0.3 is 12.1 Å². The van der Waals surface area contributed by atoms with Crippen LogP contribution in [0.15, 0.2) is 53.4 Å². The van der Waals surface area contributed by atoms with Gasteiger partial charge in [-0.2, -0.15) is 0 Å². The third-order valence-corrected chi connectivity index (χ3v) is 10.2. The Labute approximate surface area is 326 Å². The summed E-state index contributed by atoms with van der Waals surface area (Å²) in [7, 11) is 3.28. The van der Waals surface area contributed by atoms with Crippen LogP contribution in [0.1, 0.15) is 83.1 Å². The fourth-order valence-electron chi connectivity index (χ4n) is 6.62. The molecule has 1 amide bonds. The van der Waals surface area contributed by atoms with Crippen LogP contribution in [0.2, 0.25) is 0 Å². The van der Waals surface area contributed by atoms with E-state index in [9.17, 15) is 9.59 Å². The van der Waals surface area contributed by atoms with E-state index in [2.05, 4.69) is 59.5 Å². The molecule has 1 fully saturated rings. The van der Waals surface area contributed by atoms with Gasteiger partial charge in [-0.05, 0) is 100 Å².